The third kappa shape index (κ3) is 7.85. The molecule has 0 saturated heterocycles. The fourth-order valence-corrected chi connectivity index (χ4v) is 8.12. The Morgan fingerprint density at radius 1 is 1.16 bits per heavy atom. The molecule has 3 aliphatic rings. The van der Waals surface area contributed by atoms with Crippen LogP contribution in [0.3, 0.4) is 0 Å². The summed E-state index contributed by atoms with van der Waals surface area (Å²) in [6, 6.07) is 11.2. The highest BCUT2D eigenvalue weighted by molar-refractivity contribution is 6.02. The molecule has 0 spiro atoms. The monoisotopic (exact) mass is 691 g/mol. The lowest BCUT2D eigenvalue weighted by Gasteiger charge is -2.59. The van der Waals surface area contributed by atoms with E-state index in [2.05, 4.69) is 28.9 Å². The predicted molar refractivity (Wildman–Crippen MR) is 190 cm³/mol. The van der Waals surface area contributed by atoms with Crippen molar-refractivity contribution in [1.82, 2.24) is 9.88 Å². The topological polar surface area (TPSA) is 132 Å². The van der Waals surface area contributed by atoms with E-state index in [4.69, 9.17) is 23.8 Å². The van der Waals surface area contributed by atoms with E-state index in [-0.39, 0.29) is 50.1 Å². The minimum atomic E-state index is -1.31. The van der Waals surface area contributed by atoms with Gasteiger partial charge in [-0.05, 0) is 87.3 Å². The first-order valence-electron chi connectivity index (χ1n) is 17.9. The van der Waals surface area contributed by atoms with Crippen molar-refractivity contribution in [2.75, 3.05) is 40.6 Å². The summed E-state index contributed by atoms with van der Waals surface area (Å²) < 4.78 is 25.8. The molecule has 1 aromatic carbocycles. The number of allylic oxidation sites excluding steroid dienone is 1. The lowest BCUT2D eigenvalue weighted by Crippen LogP contribution is -2.69. The third-order valence-corrected chi connectivity index (χ3v) is 10.2. The molecule has 2 N–H and O–H groups in total. The zero-order valence-corrected chi connectivity index (χ0v) is 29.9. The Labute approximate surface area is 295 Å². The van der Waals surface area contributed by atoms with Gasteiger partial charge in [-0.3, -0.25) is 4.98 Å². The summed E-state index contributed by atoms with van der Waals surface area (Å²) >= 11 is 0. The van der Waals surface area contributed by atoms with Gasteiger partial charge in [0.25, 0.3) is 0 Å². The molecule has 1 saturated carbocycles. The number of fused-ring (bicyclic) bond motifs is 2. The first-order chi connectivity index (χ1) is 24.3. The van der Waals surface area contributed by atoms with Crippen LogP contribution in [0.4, 0.5) is 4.79 Å². The Hall–Kier alpha value is -3.93. The molecule has 0 bridgehead atoms. The van der Waals surface area contributed by atoms with Crippen LogP contribution >= 0.6 is 0 Å². The van der Waals surface area contributed by atoms with Crippen LogP contribution < -0.4 is 9.47 Å². The average Bonchev–Trinajstić information content (AvgIpc) is 3.11. The van der Waals surface area contributed by atoms with Crippen molar-refractivity contribution in [3.05, 3.63) is 77.7 Å². The molecule has 11 heteroatoms. The van der Waals surface area contributed by atoms with Crippen LogP contribution in [-0.4, -0.2) is 84.3 Å². The highest BCUT2D eigenvalue weighted by atomic mass is 16.7. The number of carbonyl (C=O) groups is 1. The number of benzene rings is 1. The maximum atomic E-state index is 13.4. The number of aliphatic hydroxyl groups is 2. The second kappa shape index (κ2) is 17.3. The number of aryl methyl sites for hydroxylation is 1. The summed E-state index contributed by atoms with van der Waals surface area (Å²) in [7, 11) is 3.24. The van der Waals surface area contributed by atoms with E-state index < -0.39 is 17.9 Å². The van der Waals surface area contributed by atoms with Crippen molar-refractivity contribution in [2.24, 2.45) is 22.9 Å². The van der Waals surface area contributed by atoms with Crippen LogP contribution in [0.2, 0.25) is 0 Å². The standard InChI is InChI=1S/C39H53N3O8/c1-6-21-49-39-35(42(4)38(45)47-7-2)24-33(41-46-5)31-22-27(14-8-10-19-43)30(16-9-11-20-44)36(37(31)39)32-23-29(17-18-34(32)50-39)48-25-28-15-12-13-26(3)40-28/h6,12-13,15,17-18,22-23,27,30,35-37,43-44H,1,7-11,14,16,19-21,24-25H2,2-5H3. The number of carbonyl (C=O) groups excluding carboxylic acids is 1. The van der Waals surface area contributed by atoms with E-state index >= 15 is 0 Å². The van der Waals surface area contributed by atoms with Gasteiger partial charge in [0.1, 0.15) is 31.3 Å². The number of amides is 1. The summed E-state index contributed by atoms with van der Waals surface area (Å²) in [5, 5.41) is 24.0. The number of aromatic nitrogens is 1. The van der Waals surface area contributed by atoms with Crippen molar-refractivity contribution in [3.8, 4) is 11.5 Å². The van der Waals surface area contributed by atoms with Crippen LogP contribution in [0.5, 0.6) is 11.5 Å². The molecule has 1 aromatic heterocycles. The molecule has 11 nitrogen and oxygen atoms in total. The van der Waals surface area contributed by atoms with Crippen LogP contribution in [0.25, 0.3) is 0 Å². The zero-order valence-electron chi connectivity index (χ0n) is 29.9. The molecule has 0 radical (unpaired) electrons. The molecular weight excluding hydrogens is 638 g/mol. The van der Waals surface area contributed by atoms with Gasteiger partial charge in [-0.15, -0.1) is 6.58 Å². The Morgan fingerprint density at radius 2 is 1.94 bits per heavy atom. The summed E-state index contributed by atoms with van der Waals surface area (Å²) in [6.07, 6.45) is 8.64. The normalized spacial score (nSPS) is 25.8. The van der Waals surface area contributed by atoms with Crippen LogP contribution in [0.15, 0.2) is 65.9 Å². The fraction of sp³-hybridized carbons (Fsp3) is 0.564. The number of pyridine rings is 1. The van der Waals surface area contributed by atoms with E-state index in [0.717, 1.165) is 53.9 Å². The molecule has 6 atom stereocenters. The van der Waals surface area contributed by atoms with Gasteiger partial charge in [-0.2, -0.15) is 0 Å². The van der Waals surface area contributed by atoms with E-state index in [1.165, 1.54) is 7.11 Å². The van der Waals surface area contributed by atoms with Crippen molar-refractivity contribution in [2.45, 2.75) is 83.1 Å². The van der Waals surface area contributed by atoms with E-state index in [1.807, 2.05) is 37.3 Å². The van der Waals surface area contributed by atoms with Gasteiger partial charge in [-0.25, -0.2) is 4.79 Å². The number of rotatable bonds is 17. The molecule has 6 unspecified atom stereocenters. The second-order valence-electron chi connectivity index (χ2n) is 13.3. The molecule has 50 heavy (non-hydrogen) atoms. The van der Waals surface area contributed by atoms with Crippen molar-refractivity contribution < 1.29 is 38.8 Å². The second-order valence-corrected chi connectivity index (χ2v) is 13.3. The van der Waals surface area contributed by atoms with Crippen LogP contribution in [0.1, 0.15) is 74.7 Å². The van der Waals surface area contributed by atoms with Gasteiger partial charge in [0, 0.05) is 43.9 Å². The fourth-order valence-electron chi connectivity index (χ4n) is 8.12. The molecule has 5 rings (SSSR count). The minimum Gasteiger partial charge on any atom is -0.487 e. The maximum absolute atomic E-state index is 13.4. The molecule has 2 aliphatic carbocycles. The largest absolute Gasteiger partial charge is 0.487 e. The van der Waals surface area contributed by atoms with E-state index in [9.17, 15) is 15.0 Å². The van der Waals surface area contributed by atoms with Crippen LogP contribution in [0, 0.1) is 24.7 Å². The van der Waals surface area contributed by atoms with E-state index in [1.54, 1.807) is 24.9 Å². The lowest BCUT2D eigenvalue weighted by molar-refractivity contribution is -0.253. The minimum absolute atomic E-state index is 0.116. The Kier molecular flexibility index (Phi) is 12.9. The summed E-state index contributed by atoms with van der Waals surface area (Å²) in [5.74, 6) is -0.226. The van der Waals surface area contributed by atoms with E-state index in [0.29, 0.717) is 37.4 Å². The molecule has 1 fully saturated rings. The summed E-state index contributed by atoms with van der Waals surface area (Å²) in [4.78, 5) is 25.0. The quantitative estimate of drug-likeness (QED) is 0.111. The number of hydrogen-bond donors (Lipinski definition) is 2. The Morgan fingerprint density at radius 3 is 2.64 bits per heavy atom. The highest BCUT2D eigenvalue weighted by Crippen LogP contribution is 2.61. The summed E-state index contributed by atoms with van der Waals surface area (Å²) in [5.41, 5.74) is 4.45. The first kappa shape index (κ1) is 37.3. The molecule has 272 valence electrons. The molecule has 2 aromatic rings. The van der Waals surface area contributed by atoms with Gasteiger partial charge in [0.05, 0.1) is 30.5 Å². The maximum Gasteiger partial charge on any atom is 0.409 e. The van der Waals surface area contributed by atoms with Crippen LogP contribution in [-0.2, 0) is 20.9 Å². The highest BCUT2D eigenvalue weighted by Gasteiger charge is 2.65. The van der Waals surface area contributed by atoms with Gasteiger partial charge >= 0.3 is 6.09 Å². The Bertz CT molecular complexity index is 1530. The van der Waals surface area contributed by atoms with Crippen molar-refractivity contribution in [3.63, 3.8) is 0 Å². The third-order valence-electron chi connectivity index (χ3n) is 10.2. The number of ether oxygens (including phenoxy) is 4. The average molecular weight is 692 g/mol. The molecule has 2 heterocycles. The first-order valence-corrected chi connectivity index (χ1v) is 17.9. The lowest BCUT2D eigenvalue weighted by atomic mass is 9.55. The van der Waals surface area contributed by atoms with Gasteiger partial charge in [0.2, 0.25) is 5.79 Å². The predicted octanol–water partition coefficient (Wildman–Crippen LogP) is 6.32. The molecule has 1 aliphatic heterocycles. The number of aliphatic hydroxyl groups excluding tert-OH is 2. The van der Waals surface area contributed by atoms with Gasteiger partial charge < -0.3 is 38.9 Å². The summed E-state index contributed by atoms with van der Waals surface area (Å²) in [6.45, 7) is 8.66. The van der Waals surface area contributed by atoms with Gasteiger partial charge in [0.15, 0.2) is 0 Å². The molecular formula is C39H53N3O8. The molecule has 1 amide bonds. The number of nitrogens with zero attached hydrogens (tertiary/aromatic N) is 3. The number of oxime groups is 1. The number of likely N-dealkylation sites (N-methyl/N-ethyl adjacent to an activating group) is 1. The smallest absolute Gasteiger partial charge is 0.409 e. The van der Waals surface area contributed by atoms with Gasteiger partial charge in [-0.1, -0.05) is 36.2 Å². The zero-order chi connectivity index (χ0) is 35.7. The van der Waals surface area contributed by atoms with Crippen molar-refractivity contribution in [1.29, 1.82) is 0 Å². The Balaban J connectivity index is 1.70. The number of hydrogen-bond acceptors (Lipinski definition) is 10. The SMILES string of the molecule is C=CCOC12Oc3ccc(OCc4cccc(C)n4)cc3C3C(CCCCO)C(CCCCO)C=C(C(=NOC)CC1N(C)C(=O)OCC)C32. The number of unbranched alkanes of at least 4 members (excludes halogenated alkanes) is 2. The van der Waals surface area contributed by atoms with Crippen molar-refractivity contribution >= 4 is 11.8 Å².